The van der Waals surface area contributed by atoms with E-state index in [1.54, 1.807) is 0 Å². The summed E-state index contributed by atoms with van der Waals surface area (Å²) in [4.78, 5) is 15.1. The summed E-state index contributed by atoms with van der Waals surface area (Å²) in [6, 6.07) is 28.3. The molecular formula is C31H37NO2. The highest BCUT2D eigenvalue weighted by Crippen LogP contribution is 2.41. The van der Waals surface area contributed by atoms with Crippen LogP contribution in [0.1, 0.15) is 72.5 Å². The van der Waals surface area contributed by atoms with Gasteiger partial charge in [0.1, 0.15) is 5.60 Å². The van der Waals surface area contributed by atoms with Crippen molar-refractivity contribution in [2.24, 2.45) is 5.92 Å². The van der Waals surface area contributed by atoms with Crippen molar-refractivity contribution in [2.75, 3.05) is 19.6 Å². The topological polar surface area (TPSA) is 40.5 Å². The molecule has 3 heteroatoms. The van der Waals surface area contributed by atoms with E-state index in [0.717, 1.165) is 55.6 Å². The molecule has 0 bridgehead atoms. The van der Waals surface area contributed by atoms with Crippen LogP contribution in [0.2, 0.25) is 0 Å². The van der Waals surface area contributed by atoms with Crippen LogP contribution in [0.25, 0.3) is 0 Å². The first kappa shape index (κ1) is 24.4. The average molecular weight is 456 g/mol. The van der Waals surface area contributed by atoms with E-state index in [9.17, 15) is 9.90 Å². The second kappa shape index (κ2) is 11.1. The van der Waals surface area contributed by atoms with E-state index in [2.05, 4.69) is 30.9 Å². The summed E-state index contributed by atoms with van der Waals surface area (Å²) >= 11 is 0. The Morgan fingerprint density at radius 3 is 1.91 bits per heavy atom. The molecule has 0 aromatic heterocycles. The van der Waals surface area contributed by atoms with Crippen LogP contribution >= 0.6 is 0 Å². The minimum atomic E-state index is -0.979. The number of aliphatic hydroxyl groups is 1. The predicted molar refractivity (Wildman–Crippen MR) is 139 cm³/mol. The molecule has 3 aromatic rings. The second-order valence-corrected chi connectivity index (χ2v) is 9.92. The van der Waals surface area contributed by atoms with Crippen LogP contribution in [-0.2, 0) is 5.60 Å². The Hall–Kier alpha value is -2.75. The molecule has 1 N–H and O–H groups in total. The number of Topliss-reactive ketones (excluding diaryl/α,β-unsaturated/α-hetero) is 1. The summed E-state index contributed by atoms with van der Waals surface area (Å²) in [7, 11) is 0. The van der Waals surface area contributed by atoms with E-state index in [-0.39, 0.29) is 11.7 Å². The molecule has 0 atom stereocenters. The first-order valence-electron chi connectivity index (χ1n) is 12.7. The summed E-state index contributed by atoms with van der Waals surface area (Å²) in [5, 5.41) is 12.0. The average Bonchev–Trinajstić information content (AvgIpc) is 2.89. The van der Waals surface area contributed by atoms with Gasteiger partial charge in [-0.25, -0.2) is 0 Å². The molecule has 0 amide bonds. The van der Waals surface area contributed by atoms with Gasteiger partial charge < -0.3 is 10.0 Å². The minimum absolute atomic E-state index is 0.162. The second-order valence-electron chi connectivity index (χ2n) is 9.92. The summed E-state index contributed by atoms with van der Waals surface area (Å²) in [5.74, 6) is 0.871. The smallest absolute Gasteiger partial charge is 0.162 e. The number of hydrogen-bond acceptors (Lipinski definition) is 3. The highest BCUT2D eigenvalue weighted by Gasteiger charge is 2.41. The maximum absolute atomic E-state index is 12.6. The third kappa shape index (κ3) is 5.48. The van der Waals surface area contributed by atoms with E-state index in [1.807, 2.05) is 72.8 Å². The van der Waals surface area contributed by atoms with Crippen LogP contribution < -0.4 is 0 Å². The Morgan fingerprint density at radius 1 is 0.882 bits per heavy atom. The molecule has 0 spiro atoms. The summed E-state index contributed by atoms with van der Waals surface area (Å²) in [5.41, 5.74) is 3.04. The molecule has 0 radical (unpaired) electrons. The molecule has 1 saturated heterocycles. The summed E-state index contributed by atoms with van der Waals surface area (Å²) in [6.45, 7) is 7.16. The molecule has 1 fully saturated rings. The largest absolute Gasteiger partial charge is 0.380 e. The van der Waals surface area contributed by atoms with E-state index in [1.165, 1.54) is 5.56 Å². The van der Waals surface area contributed by atoms with Crippen LogP contribution in [0.15, 0.2) is 84.9 Å². The molecule has 34 heavy (non-hydrogen) atoms. The number of hydrogen-bond donors (Lipinski definition) is 1. The van der Waals surface area contributed by atoms with Gasteiger partial charge in [-0.2, -0.15) is 0 Å². The molecule has 1 aliphatic rings. The number of ketones is 1. The van der Waals surface area contributed by atoms with Crippen LogP contribution in [-0.4, -0.2) is 35.4 Å². The Morgan fingerprint density at radius 2 is 1.41 bits per heavy atom. The van der Waals surface area contributed by atoms with Gasteiger partial charge in [-0.1, -0.05) is 98.8 Å². The Kier molecular flexibility index (Phi) is 7.97. The molecule has 178 valence electrons. The molecule has 1 aliphatic heterocycles. The minimum Gasteiger partial charge on any atom is -0.380 e. The van der Waals surface area contributed by atoms with Gasteiger partial charge in [-0.15, -0.1) is 0 Å². The zero-order valence-corrected chi connectivity index (χ0v) is 20.5. The Balaban J connectivity index is 1.33. The number of benzene rings is 3. The van der Waals surface area contributed by atoms with Crippen molar-refractivity contribution < 1.29 is 9.90 Å². The van der Waals surface area contributed by atoms with E-state index in [0.29, 0.717) is 12.3 Å². The van der Waals surface area contributed by atoms with E-state index >= 15 is 0 Å². The molecule has 0 saturated carbocycles. The number of likely N-dealkylation sites (tertiary alicyclic amines) is 1. The van der Waals surface area contributed by atoms with Crippen molar-refractivity contribution in [2.45, 2.75) is 51.0 Å². The number of piperidine rings is 1. The van der Waals surface area contributed by atoms with Crippen molar-refractivity contribution in [1.82, 2.24) is 4.90 Å². The maximum Gasteiger partial charge on any atom is 0.162 e. The van der Waals surface area contributed by atoms with Gasteiger partial charge >= 0.3 is 0 Å². The van der Waals surface area contributed by atoms with E-state index in [4.69, 9.17) is 0 Å². The molecule has 3 aromatic carbocycles. The lowest BCUT2D eigenvalue weighted by Crippen LogP contribution is -2.44. The van der Waals surface area contributed by atoms with Crippen LogP contribution in [0.4, 0.5) is 0 Å². The fraction of sp³-hybridized carbons (Fsp3) is 0.387. The zero-order chi connectivity index (χ0) is 24.0. The van der Waals surface area contributed by atoms with E-state index < -0.39 is 5.60 Å². The first-order valence-corrected chi connectivity index (χ1v) is 12.7. The number of rotatable bonds is 9. The fourth-order valence-electron chi connectivity index (χ4n) is 5.26. The predicted octanol–water partition coefficient (Wildman–Crippen LogP) is 6.42. The van der Waals surface area contributed by atoms with Gasteiger partial charge in [0.25, 0.3) is 0 Å². The zero-order valence-electron chi connectivity index (χ0n) is 20.5. The highest BCUT2D eigenvalue weighted by atomic mass is 16.3. The standard InChI is InChI=1S/C31H37NO2/c1-24(2)25-15-17-26(18-16-25)30(33)14-9-21-32-22-19-29(20-23-32)31(34,27-10-5-3-6-11-27)28-12-7-4-8-13-28/h3-8,10-13,15-18,24,29,34H,9,14,19-23H2,1-2H3. The lowest BCUT2D eigenvalue weighted by atomic mass is 9.72. The lowest BCUT2D eigenvalue weighted by Gasteiger charge is -2.42. The molecule has 1 heterocycles. The summed E-state index contributed by atoms with van der Waals surface area (Å²) < 4.78 is 0. The first-order chi connectivity index (χ1) is 16.5. The van der Waals surface area contributed by atoms with Gasteiger partial charge in [-0.05, 0) is 67.4 Å². The number of carbonyl (C=O) groups excluding carboxylic acids is 1. The maximum atomic E-state index is 12.6. The van der Waals surface area contributed by atoms with Gasteiger partial charge in [-0.3, -0.25) is 4.79 Å². The molecule has 0 aliphatic carbocycles. The van der Waals surface area contributed by atoms with Gasteiger partial charge in [0.2, 0.25) is 0 Å². The third-order valence-corrected chi connectivity index (χ3v) is 7.38. The Labute approximate surface area is 204 Å². The third-order valence-electron chi connectivity index (χ3n) is 7.38. The van der Waals surface area contributed by atoms with Gasteiger partial charge in [0.15, 0.2) is 5.78 Å². The van der Waals surface area contributed by atoms with Gasteiger partial charge in [0, 0.05) is 12.0 Å². The lowest BCUT2D eigenvalue weighted by molar-refractivity contribution is -0.0142. The molecular weight excluding hydrogens is 418 g/mol. The van der Waals surface area contributed by atoms with Crippen molar-refractivity contribution >= 4 is 5.78 Å². The molecule has 3 nitrogen and oxygen atoms in total. The van der Waals surface area contributed by atoms with Crippen molar-refractivity contribution in [3.05, 3.63) is 107 Å². The normalized spacial score (nSPS) is 15.5. The van der Waals surface area contributed by atoms with Crippen LogP contribution in [0, 0.1) is 5.92 Å². The summed E-state index contributed by atoms with van der Waals surface area (Å²) in [6.07, 6.45) is 3.33. The van der Waals surface area contributed by atoms with Crippen LogP contribution in [0.5, 0.6) is 0 Å². The fourth-order valence-corrected chi connectivity index (χ4v) is 5.26. The van der Waals surface area contributed by atoms with Crippen molar-refractivity contribution in [3.63, 3.8) is 0 Å². The number of carbonyl (C=O) groups is 1. The molecule has 4 rings (SSSR count). The quantitative estimate of drug-likeness (QED) is 0.379. The number of nitrogens with zero attached hydrogens (tertiary/aromatic N) is 1. The van der Waals surface area contributed by atoms with Gasteiger partial charge in [0.05, 0.1) is 0 Å². The van der Waals surface area contributed by atoms with Crippen molar-refractivity contribution in [1.29, 1.82) is 0 Å². The van der Waals surface area contributed by atoms with Crippen LogP contribution in [0.3, 0.4) is 0 Å². The Bertz CT molecular complexity index is 996. The highest BCUT2D eigenvalue weighted by molar-refractivity contribution is 5.96. The van der Waals surface area contributed by atoms with Crippen molar-refractivity contribution in [3.8, 4) is 0 Å². The SMILES string of the molecule is CC(C)c1ccc(C(=O)CCCN2CCC(C(O)(c3ccccc3)c3ccccc3)CC2)cc1. The molecule has 0 unspecified atom stereocenters. The monoisotopic (exact) mass is 455 g/mol.